The van der Waals surface area contributed by atoms with E-state index in [-0.39, 0.29) is 5.75 Å². The number of hydrogen-bond donors (Lipinski definition) is 1. The van der Waals surface area contributed by atoms with E-state index < -0.39 is 11.9 Å². The molecule has 2 aromatic rings. The lowest BCUT2D eigenvalue weighted by atomic mass is 9.99. The van der Waals surface area contributed by atoms with E-state index in [1.807, 2.05) is 13.8 Å². The van der Waals surface area contributed by atoms with E-state index in [1.165, 1.54) is 7.11 Å². The Hall–Kier alpha value is -1.81. The Balaban J connectivity index is 2.39. The molecule has 0 radical (unpaired) electrons. The van der Waals surface area contributed by atoms with Crippen LogP contribution in [0.3, 0.4) is 0 Å². The molecule has 0 aliphatic carbocycles. The highest BCUT2D eigenvalue weighted by atomic mass is 19.1. The van der Waals surface area contributed by atoms with Gasteiger partial charge in [0.2, 0.25) is 0 Å². The van der Waals surface area contributed by atoms with E-state index in [0.29, 0.717) is 35.0 Å². The third-order valence-electron chi connectivity index (χ3n) is 3.46. The van der Waals surface area contributed by atoms with Crippen molar-refractivity contribution in [3.05, 3.63) is 41.4 Å². The van der Waals surface area contributed by atoms with E-state index >= 15 is 0 Å². The number of furan rings is 1. The minimum Gasteiger partial charge on any atom is -0.494 e. The second-order valence-electron chi connectivity index (χ2n) is 5.59. The molecule has 0 saturated heterocycles. The number of aryl methyl sites for hydroxylation is 1. The van der Waals surface area contributed by atoms with Crippen LogP contribution in [-0.4, -0.2) is 12.2 Å². The number of benzene rings is 1. The fraction of sp³-hybridized carbons (Fsp3) is 0.412. The van der Waals surface area contributed by atoms with Crippen LogP contribution in [0.1, 0.15) is 37.7 Å². The summed E-state index contributed by atoms with van der Waals surface area (Å²) >= 11 is 0. The van der Waals surface area contributed by atoms with Crippen LogP contribution in [0.15, 0.2) is 28.7 Å². The molecule has 0 bridgehead atoms. The minimum absolute atomic E-state index is 0.172. The van der Waals surface area contributed by atoms with Crippen LogP contribution in [0.25, 0.3) is 11.3 Å². The zero-order chi connectivity index (χ0) is 15.6. The van der Waals surface area contributed by atoms with Crippen LogP contribution in [0.5, 0.6) is 5.75 Å². The molecule has 1 N–H and O–H groups in total. The third kappa shape index (κ3) is 3.27. The summed E-state index contributed by atoms with van der Waals surface area (Å²) in [4.78, 5) is 0. The molecular formula is C17H21FO3. The van der Waals surface area contributed by atoms with Gasteiger partial charge in [0, 0.05) is 5.56 Å². The fourth-order valence-electron chi connectivity index (χ4n) is 2.39. The Morgan fingerprint density at radius 2 is 2.05 bits per heavy atom. The first kappa shape index (κ1) is 15.6. The predicted molar refractivity (Wildman–Crippen MR) is 79.8 cm³/mol. The largest absolute Gasteiger partial charge is 0.494 e. The standard InChI is InChI=1S/C17H21FO3/c1-10(2)8-14(19)13-9-16(21-11(13)3)12-6-5-7-15(20-4)17(12)18/h5-7,9-10,14,19H,8H2,1-4H3. The fourth-order valence-corrected chi connectivity index (χ4v) is 2.39. The molecular weight excluding hydrogens is 271 g/mol. The van der Waals surface area contributed by atoms with Gasteiger partial charge in [0.1, 0.15) is 11.5 Å². The van der Waals surface area contributed by atoms with Crippen LogP contribution in [0.4, 0.5) is 4.39 Å². The lowest BCUT2D eigenvalue weighted by Crippen LogP contribution is -2.01. The molecule has 2 rings (SSSR count). The summed E-state index contributed by atoms with van der Waals surface area (Å²) in [5, 5.41) is 10.2. The summed E-state index contributed by atoms with van der Waals surface area (Å²) in [5.74, 6) is 1.10. The van der Waals surface area contributed by atoms with E-state index in [0.717, 1.165) is 0 Å². The maximum absolute atomic E-state index is 14.3. The van der Waals surface area contributed by atoms with E-state index in [1.54, 1.807) is 31.2 Å². The Bertz CT molecular complexity index is 616. The molecule has 0 spiro atoms. The van der Waals surface area contributed by atoms with E-state index in [4.69, 9.17) is 9.15 Å². The van der Waals surface area contributed by atoms with Gasteiger partial charge in [0.25, 0.3) is 0 Å². The lowest BCUT2D eigenvalue weighted by Gasteiger charge is -2.11. The summed E-state index contributed by atoms with van der Waals surface area (Å²) in [6, 6.07) is 6.61. The molecule has 0 saturated carbocycles. The van der Waals surface area contributed by atoms with Gasteiger partial charge >= 0.3 is 0 Å². The lowest BCUT2D eigenvalue weighted by molar-refractivity contribution is 0.149. The first-order chi connectivity index (χ1) is 9.93. The molecule has 0 aliphatic heterocycles. The summed E-state index contributed by atoms with van der Waals surface area (Å²) < 4.78 is 24.9. The highest BCUT2D eigenvalue weighted by Gasteiger charge is 2.20. The monoisotopic (exact) mass is 292 g/mol. The molecule has 0 fully saturated rings. The van der Waals surface area contributed by atoms with Crippen LogP contribution < -0.4 is 4.74 Å². The Kier molecular flexibility index (Phi) is 4.68. The van der Waals surface area contributed by atoms with E-state index in [2.05, 4.69) is 0 Å². The minimum atomic E-state index is -0.601. The number of aliphatic hydroxyl groups excluding tert-OH is 1. The van der Waals surface area contributed by atoms with Crippen molar-refractivity contribution < 1.29 is 18.7 Å². The number of methoxy groups -OCH3 is 1. The van der Waals surface area contributed by atoms with Gasteiger partial charge in [0.05, 0.1) is 18.8 Å². The summed E-state index contributed by atoms with van der Waals surface area (Å²) in [5.41, 5.74) is 1.04. The van der Waals surface area contributed by atoms with Crippen LogP contribution in [0, 0.1) is 18.7 Å². The Morgan fingerprint density at radius 1 is 1.33 bits per heavy atom. The molecule has 0 aliphatic rings. The van der Waals surface area contributed by atoms with Gasteiger partial charge in [-0.25, -0.2) is 4.39 Å². The molecule has 21 heavy (non-hydrogen) atoms. The molecule has 3 nitrogen and oxygen atoms in total. The van der Waals surface area contributed by atoms with Crippen molar-refractivity contribution in [3.8, 4) is 17.1 Å². The number of hydrogen-bond acceptors (Lipinski definition) is 3. The van der Waals surface area contributed by atoms with Crippen molar-refractivity contribution >= 4 is 0 Å². The third-order valence-corrected chi connectivity index (χ3v) is 3.46. The van der Waals surface area contributed by atoms with E-state index in [9.17, 15) is 9.50 Å². The van der Waals surface area contributed by atoms with Crippen molar-refractivity contribution in [2.45, 2.75) is 33.3 Å². The summed E-state index contributed by atoms with van der Waals surface area (Å²) in [7, 11) is 1.42. The second-order valence-corrected chi connectivity index (χ2v) is 5.59. The van der Waals surface area contributed by atoms with Gasteiger partial charge in [0.15, 0.2) is 11.6 Å². The predicted octanol–water partition coefficient (Wildman–Crippen LogP) is 4.48. The molecule has 1 atom stereocenters. The molecule has 4 heteroatoms. The topological polar surface area (TPSA) is 42.6 Å². The quantitative estimate of drug-likeness (QED) is 0.883. The molecule has 1 heterocycles. The maximum Gasteiger partial charge on any atom is 0.175 e. The summed E-state index contributed by atoms with van der Waals surface area (Å²) in [6.45, 7) is 5.86. The van der Waals surface area contributed by atoms with Gasteiger partial charge in [-0.3, -0.25) is 0 Å². The second kappa shape index (κ2) is 6.31. The van der Waals surface area contributed by atoms with Crippen molar-refractivity contribution in [1.82, 2.24) is 0 Å². The maximum atomic E-state index is 14.3. The Labute approximate surface area is 124 Å². The van der Waals surface area contributed by atoms with Crippen LogP contribution in [0.2, 0.25) is 0 Å². The normalized spacial score (nSPS) is 12.7. The van der Waals surface area contributed by atoms with Crippen molar-refractivity contribution in [1.29, 1.82) is 0 Å². The van der Waals surface area contributed by atoms with Gasteiger partial charge < -0.3 is 14.3 Å². The SMILES string of the molecule is COc1cccc(-c2cc(C(O)CC(C)C)c(C)o2)c1F. The summed E-state index contributed by atoms with van der Waals surface area (Å²) in [6.07, 6.45) is 0.0385. The Morgan fingerprint density at radius 3 is 2.67 bits per heavy atom. The van der Waals surface area contributed by atoms with Gasteiger partial charge in [-0.15, -0.1) is 0 Å². The van der Waals surface area contributed by atoms with Gasteiger partial charge in [-0.1, -0.05) is 19.9 Å². The smallest absolute Gasteiger partial charge is 0.175 e. The number of aliphatic hydroxyl groups is 1. The van der Waals surface area contributed by atoms with Crippen molar-refractivity contribution in [2.75, 3.05) is 7.11 Å². The van der Waals surface area contributed by atoms with Crippen LogP contribution >= 0.6 is 0 Å². The number of ether oxygens (including phenoxy) is 1. The first-order valence-corrected chi connectivity index (χ1v) is 7.05. The van der Waals surface area contributed by atoms with Crippen molar-refractivity contribution in [2.24, 2.45) is 5.92 Å². The zero-order valence-corrected chi connectivity index (χ0v) is 12.8. The molecule has 1 aromatic heterocycles. The molecule has 114 valence electrons. The highest BCUT2D eigenvalue weighted by Crippen LogP contribution is 2.34. The van der Waals surface area contributed by atoms with Crippen LogP contribution in [-0.2, 0) is 0 Å². The molecule has 0 amide bonds. The number of halogens is 1. The molecule has 1 aromatic carbocycles. The van der Waals surface area contributed by atoms with Gasteiger partial charge in [-0.2, -0.15) is 0 Å². The van der Waals surface area contributed by atoms with Gasteiger partial charge in [-0.05, 0) is 37.5 Å². The average Bonchev–Trinajstić information content (AvgIpc) is 2.80. The highest BCUT2D eigenvalue weighted by molar-refractivity contribution is 5.62. The average molecular weight is 292 g/mol. The van der Waals surface area contributed by atoms with Crippen molar-refractivity contribution in [3.63, 3.8) is 0 Å². The number of rotatable bonds is 5. The zero-order valence-electron chi connectivity index (χ0n) is 12.8. The first-order valence-electron chi connectivity index (χ1n) is 7.05. The molecule has 1 unspecified atom stereocenters.